The van der Waals surface area contributed by atoms with Gasteiger partial charge in [-0.2, -0.15) is 0 Å². The molecule has 1 aromatic carbocycles. The molecule has 0 atom stereocenters. The number of benzene rings is 1. The minimum absolute atomic E-state index is 0.0769. The minimum Gasteiger partial charge on any atom is -0.505 e. The van der Waals surface area contributed by atoms with Gasteiger partial charge in [0.25, 0.3) is 0 Å². The van der Waals surface area contributed by atoms with Crippen LogP contribution in [0.15, 0.2) is 26.6 Å². The van der Waals surface area contributed by atoms with E-state index in [9.17, 15) is 5.11 Å². The summed E-state index contributed by atoms with van der Waals surface area (Å²) in [5.74, 6) is 0.0769. The fourth-order valence-corrected chi connectivity index (χ4v) is 2.27. The van der Waals surface area contributed by atoms with Gasteiger partial charge >= 0.3 is 0 Å². The Kier molecular flexibility index (Phi) is 3.27. The molecule has 68 valence electrons. The van der Waals surface area contributed by atoms with Crippen molar-refractivity contribution in [3.05, 3.63) is 27.2 Å². The first-order valence-electron chi connectivity index (χ1n) is 3.42. The summed E-state index contributed by atoms with van der Waals surface area (Å²) in [7, 11) is 0. The molecule has 13 heavy (non-hydrogen) atoms. The highest BCUT2D eigenvalue weighted by Gasteiger charge is 2.11. The summed E-state index contributed by atoms with van der Waals surface area (Å²) in [6, 6.07) is 1.74. The first kappa shape index (κ1) is 10.5. The van der Waals surface area contributed by atoms with Crippen LogP contribution in [-0.4, -0.2) is 11.8 Å². The molecule has 0 radical (unpaired) electrons. The van der Waals surface area contributed by atoms with Crippen LogP contribution in [0.5, 0.6) is 5.75 Å². The molecular formula is C9H7Br2NO. The van der Waals surface area contributed by atoms with Crippen molar-refractivity contribution in [3.8, 4) is 5.75 Å². The van der Waals surface area contributed by atoms with Crippen molar-refractivity contribution in [1.29, 1.82) is 0 Å². The molecular weight excluding hydrogens is 298 g/mol. The number of phenols is 1. The molecule has 0 aromatic heterocycles. The molecule has 2 nitrogen and oxygen atoms in total. The summed E-state index contributed by atoms with van der Waals surface area (Å²) in [6.45, 7) is 7.01. The third-order valence-electron chi connectivity index (χ3n) is 1.58. The van der Waals surface area contributed by atoms with E-state index in [0.717, 1.165) is 10.0 Å². The maximum Gasteiger partial charge on any atom is 0.156 e. The number of hydrogen-bond donors (Lipinski definition) is 1. The van der Waals surface area contributed by atoms with Crippen LogP contribution < -0.4 is 0 Å². The van der Waals surface area contributed by atoms with Crippen LogP contribution in [0, 0.1) is 0 Å². The van der Waals surface area contributed by atoms with Gasteiger partial charge in [-0.15, -0.1) is 0 Å². The molecule has 0 saturated heterocycles. The molecule has 4 heteroatoms. The van der Waals surface area contributed by atoms with Crippen molar-refractivity contribution >= 4 is 50.3 Å². The van der Waals surface area contributed by atoms with E-state index in [0.29, 0.717) is 10.2 Å². The smallest absolute Gasteiger partial charge is 0.156 e. The highest BCUT2D eigenvalue weighted by atomic mass is 79.9. The molecule has 0 heterocycles. The Morgan fingerprint density at radius 3 is 2.46 bits per heavy atom. The van der Waals surface area contributed by atoms with E-state index >= 15 is 0 Å². The Morgan fingerprint density at radius 1 is 1.38 bits per heavy atom. The summed E-state index contributed by atoms with van der Waals surface area (Å²) >= 11 is 6.53. The van der Waals surface area contributed by atoms with E-state index in [1.54, 1.807) is 12.1 Å². The maximum atomic E-state index is 9.58. The van der Waals surface area contributed by atoms with Gasteiger partial charge in [-0.05, 0) is 28.7 Å². The van der Waals surface area contributed by atoms with E-state index in [1.165, 1.54) is 0 Å². The summed E-state index contributed by atoms with van der Waals surface area (Å²) in [5, 5.41) is 9.58. The van der Waals surface area contributed by atoms with Gasteiger partial charge in [0.1, 0.15) is 5.69 Å². The normalized spacial score (nSPS) is 9.69. The average molecular weight is 305 g/mol. The van der Waals surface area contributed by atoms with Crippen molar-refractivity contribution in [1.82, 2.24) is 0 Å². The lowest BCUT2D eigenvalue weighted by atomic mass is 10.1. The van der Waals surface area contributed by atoms with Crippen molar-refractivity contribution in [2.24, 2.45) is 4.99 Å². The zero-order valence-electron chi connectivity index (χ0n) is 6.72. The zero-order valence-corrected chi connectivity index (χ0v) is 9.89. The van der Waals surface area contributed by atoms with Gasteiger partial charge in [0.15, 0.2) is 5.75 Å². The lowest BCUT2D eigenvalue weighted by molar-refractivity contribution is 0.473. The molecule has 0 aliphatic heterocycles. The van der Waals surface area contributed by atoms with Crippen LogP contribution in [0.1, 0.15) is 5.56 Å². The number of nitrogens with zero attached hydrogens (tertiary/aromatic N) is 1. The molecule has 1 rings (SSSR count). The van der Waals surface area contributed by atoms with E-state index in [4.69, 9.17) is 0 Å². The van der Waals surface area contributed by atoms with Crippen LogP contribution in [0.4, 0.5) is 5.69 Å². The molecule has 0 saturated carbocycles. The van der Waals surface area contributed by atoms with Crippen LogP contribution >= 0.6 is 31.9 Å². The predicted octanol–water partition coefficient (Wildman–Crippen LogP) is 3.89. The van der Waals surface area contributed by atoms with E-state index in [-0.39, 0.29) is 5.75 Å². The molecule has 0 aliphatic carbocycles. The number of aliphatic imine (C=N–C) groups is 1. The van der Waals surface area contributed by atoms with Gasteiger partial charge in [-0.25, -0.2) is 0 Å². The molecule has 1 aromatic rings. The van der Waals surface area contributed by atoms with Crippen molar-refractivity contribution in [3.63, 3.8) is 0 Å². The van der Waals surface area contributed by atoms with Gasteiger partial charge in [0.05, 0.1) is 4.47 Å². The number of hydrogen-bond acceptors (Lipinski definition) is 2. The summed E-state index contributed by atoms with van der Waals surface area (Å²) in [6.07, 6.45) is 1.61. The largest absolute Gasteiger partial charge is 0.505 e. The van der Waals surface area contributed by atoms with Gasteiger partial charge < -0.3 is 5.11 Å². The molecule has 0 bridgehead atoms. The first-order valence-corrected chi connectivity index (χ1v) is 5.00. The van der Waals surface area contributed by atoms with Crippen molar-refractivity contribution in [2.45, 2.75) is 0 Å². The van der Waals surface area contributed by atoms with Crippen LogP contribution in [0.25, 0.3) is 6.08 Å². The van der Waals surface area contributed by atoms with E-state index in [2.05, 4.69) is 50.1 Å². The van der Waals surface area contributed by atoms with Gasteiger partial charge in [-0.1, -0.05) is 28.6 Å². The fourth-order valence-electron chi connectivity index (χ4n) is 0.965. The molecule has 0 aliphatic rings. The molecule has 0 fully saturated rings. The summed E-state index contributed by atoms with van der Waals surface area (Å²) < 4.78 is 1.39. The second kappa shape index (κ2) is 4.07. The Hall–Kier alpha value is -0.610. The fraction of sp³-hybridized carbons (Fsp3) is 0. The van der Waals surface area contributed by atoms with E-state index < -0.39 is 0 Å². The topological polar surface area (TPSA) is 32.6 Å². The van der Waals surface area contributed by atoms with Crippen LogP contribution in [0.3, 0.4) is 0 Å². The Labute approximate surface area is 93.3 Å². The SMILES string of the molecule is C=Cc1c(Br)cc(Br)c(O)c1N=C. The second-order valence-electron chi connectivity index (χ2n) is 2.31. The summed E-state index contributed by atoms with van der Waals surface area (Å²) in [4.78, 5) is 3.73. The van der Waals surface area contributed by atoms with Crippen LogP contribution in [0.2, 0.25) is 0 Å². The quantitative estimate of drug-likeness (QED) is 0.826. The highest BCUT2D eigenvalue weighted by molar-refractivity contribution is 9.11. The van der Waals surface area contributed by atoms with E-state index in [1.807, 2.05) is 0 Å². The molecule has 0 unspecified atom stereocenters. The lowest BCUT2D eigenvalue weighted by Crippen LogP contribution is -1.80. The summed E-state index contributed by atoms with van der Waals surface area (Å²) in [5.41, 5.74) is 1.16. The lowest BCUT2D eigenvalue weighted by Gasteiger charge is -2.07. The monoisotopic (exact) mass is 303 g/mol. The Balaban J connectivity index is 3.59. The highest BCUT2D eigenvalue weighted by Crippen LogP contribution is 2.41. The number of halogens is 2. The van der Waals surface area contributed by atoms with Crippen LogP contribution in [-0.2, 0) is 0 Å². The number of phenolic OH excluding ortho intramolecular Hbond substituents is 1. The van der Waals surface area contributed by atoms with Crippen molar-refractivity contribution < 1.29 is 5.11 Å². The first-order chi connectivity index (χ1) is 6.11. The predicted molar refractivity (Wildman–Crippen MR) is 62.8 cm³/mol. The molecule has 0 amide bonds. The number of rotatable bonds is 2. The molecule has 0 spiro atoms. The van der Waals surface area contributed by atoms with Gasteiger partial charge in [0.2, 0.25) is 0 Å². The maximum absolute atomic E-state index is 9.58. The zero-order chi connectivity index (χ0) is 10.0. The minimum atomic E-state index is 0.0769. The Morgan fingerprint density at radius 2 is 2.00 bits per heavy atom. The third-order valence-corrected chi connectivity index (χ3v) is 2.84. The average Bonchev–Trinajstić information content (AvgIpc) is 2.10. The Bertz CT molecular complexity index is 374. The van der Waals surface area contributed by atoms with Gasteiger partial charge in [-0.3, -0.25) is 4.99 Å². The van der Waals surface area contributed by atoms with Crippen molar-refractivity contribution in [2.75, 3.05) is 0 Å². The number of aromatic hydroxyl groups is 1. The second-order valence-corrected chi connectivity index (χ2v) is 4.02. The molecule has 1 N–H and O–H groups in total. The van der Waals surface area contributed by atoms with Gasteiger partial charge in [0, 0.05) is 10.0 Å². The third kappa shape index (κ3) is 1.84. The standard InChI is InChI=1S/C9H7Br2NO/c1-3-5-6(10)4-7(11)9(13)8(5)12-2/h3-4,13H,1-2H2.